The minimum absolute atomic E-state index is 0.0191. The molecule has 0 bridgehead atoms. The topological polar surface area (TPSA) is 37.3 Å². The molecule has 68 valence electrons. The summed E-state index contributed by atoms with van der Waals surface area (Å²) in [6, 6.07) is 1.87. The lowest BCUT2D eigenvalue weighted by atomic mass is 9.95. The average Bonchev–Trinajstić information content (AvgIpc) is 2.52. The Morgan fingerprint density at radius 1 is 1.54 bits per heavy atom. The molecule has 0 aliphatic heterocycles. The molecule has 1 aromatic heterocycles. The molecular formula is C10H10O2S. The van der Waals surface area contributed by atoms with Crippen molar-refractivity contribution >= 4 is 22.9 Å². The normalized spacial score (nSPS) is 15.8. The molecule has 1 N–H and O–H groups in total. The largest absolute Gasteiger partial charge is 0.507 e. The van der Waals surface area contributed by atoms with Crippen LogP contribution in [0.5, 0.6) is 0 Å². The van der Waals surface area contributed by atoms with Crippen LogP contribution in [-0.4, -0.2) is 10.9 Å². The van der Waals surface area contributed by atoms with Gasteiger partial charge in [-0.15, -0.1) is 11.3 Å². The Labute approximate surface area is 80.5 Å². The van der Waals surface area contributed by atoms with Crippen molar-refractivity contribution in [2.75, 3.05) is 0 Å². The summed E-state index contributed by atoms with van der Waals surface area (Å²) in [5.41, 5.74) is 1.42. The Kier molecular flexibility index (Phi) is 1.96. The van der Waals surface area contributed by atoms with Crippen molar-refractivity contribution < 1.29 is 9.90 Å². The minimum Gasteiger partial charge on any atom is -0.507 e. The van der Waals surface area contributed by atoms with E-state index in [1.807, 2.05) is 11.4 Å². The number of fused-ring (bicyclic) bond motifs is 1. The highest BCUT2D eigenvalue weighted by atomic mass is 32.1. The average molecular weight is 194 g/mol. The quantitative estimate of drug-likeness (QED) is 0.746. The van der Waals surface area contributed by atoms with Gasteiger partial charge in [0.1, 0.15) is 5.76 Å². The molecule has 0 aromatic carbocycles. The summed E-state index contributed by atoms with van der Waals surface area (Å²) < 4.78 is 0. The monoisotopic (exact) mass is 194 g/mol. The Bertz CT molecular complexity index is 387. The van der Waals surface area contributed by atoms with E-state index in [9.17, 15) is 9.90 Å². The summed E-state index contributed by atoms with van der Waals surface area (Å²) >= 11 is 1.64. The molecule has 0 spiro atoms. The molecular weight excluding hydrogens is 184 g/mol. The molecule has 1 aliphatic rings. The second-order valence-electron chi connectivity index (χ2n) is 3.14. The van der Waals surface area contributed by atoms with Crippen molar-refractivity contribution in [2.24, 2.45) is 0 Å². The predicted molar refractivity (Wildman–Crippen MR) is 52.9 cm³/mol. The molecule has 1 heterocycles. The first-order valence-electron chi connectivity index (χ1n) is 4.20. The van der Waals surface area contributed by atoms with Crippen LogP contribution in [0.2, 0.25) is 0 Å². The minimum atomic E-state index is -0.0191. The fourth-order valence-electron chi connectivity index (χ4n) is 1.61. The van der Waals surface area contributed by atoms with Gasteiger partial charge >= 0.3 is 0 Å². The standard InChI is InChI=1S/C10H10O2S/c1-6(11)7-2-3-9-8(10(7)12)4-5-13-9/h4-5,12H,2-3H2,1H3. The number of hydrogen-bond acceptors (Lipinski definition) is 3. The van der Waals surface area contributed by atoms with E-state index in [1.165, 1.54) is 11.8 Å². The first-order chi connectivity index (χ1) is 6.20. The Morgan fingerprint density at radius 3 is 3.00 bits per heavy atom. The number of allylic oxidation sites excluding steroid dienone is 1. The summed E-state index contributed by atoms with van der Waals surface area (Å²) in [6.45, 7) is 1.50. The van der Waals surface area contributed by atoms with Crippen molar-refractivity contribution in [3.63, 3.8) is 0 Å². The maximum atomic E-state index is 11.1. The van der Waals surface area contributed by atoms with Gasteiger partial charge in [0.15, 0.2) is 5.78 Å². The van der Waals surface area contributed by atoms with Gasteiger partial charge in [-0.2, -0.15) is 0 Å². The van der Waals surface area contributed by atoms with E-state index >= 15 is 0 Å². The van der Waals surface area contributed by atoms with Crippen LogP contribution in [0.3, 0.4) is 0 Å². The summed E-state index contributed by atoms with van der Waals surface area (Å²) in [7, 11) is 0. The highest BCUT2D eigenvalue weighted by molar-refractivity contribution is 7.10. The molecule has 0 radical (unpaired) electrons. The zero-order chi connectivity index (χ0) is 9.42. The molecule has 0 saturated heterocycles. The summed E-state index contributed by atoms with van der Waals surface area (Å²) in [4.78, 5) is 12.3. The Morgan fingerprint density at radius 2 is 2.31 bits per heavy atom. The molecule has 0 atom stereocenters. The maximum absolute atomic E-state index is 11.1. The Hall–Kier alpha value is -1.09. The van der Waals surface area contributed by atoms with Crippen LogP contribution in [0.1, 0.15) is 23.8 Å². The first-order valence-corrected chi connectivity index (χ1v) is 5.08. The van der Waals surface area contributed by atoms with Crippen molar-refractivity contribution in [3.05, 3.63) is 27.5 Å². The van der Waals surface area contributed by atoms with Crippen molar-refractivity contribution in [3.8, 4) is 0 Å². The SMILES string of the molecule is CC(=O)C1=C(O)c2ccsc2CC1. The van der Waals surface area contributed by atoms with Gasteiger partial charge in [-0.1, -0.05) is 0 Å². The smallest absolute Gasteiger partial charge is 0.159 e. The molecule has 0 unspecified atom stereocenters. The second kappa shape index (κ2) is 3.00. The van der Waals surface area contributed by atoms with Crippen molar-refractivity contribution in [2.45, 2.75) is 19.8 Å². The number of ketones is 1. The number of rotatable bonds is 1. The lowest BCUT2D eigenvalue weighted by Crippen LogP contribution is -2.07. The summed E-state index contributed by atoms with van der Waals surface area (Å²) in [6.07, 6.45) is 1.56. The molecule has 13 heavy (non-hydrogen) atoms. The number of carbonyl (C=O) groups excluding carboxylic acids is 1. The van der Waals surface area contributed by atoms with Gasteiger partial charge in [-0.25, -0.2) is 0 Å². The molecule has 2 nitrogen and oxygen atoms in total. The zero-order valence-corrected chi connectivity index (χ0v) is 8.15. The molecule has 1 aromatic rings. The second-order valence-corrected chi connectivity index (χ2v) is 4.14. The van der Waals surface area contributed by atoms with Crippen LogP contribution < -0.4 is 0 Å². The summed E-state index contributed by atoms with van der Waals surface area (Å²) in [5.74, 6) is 0.171. The van der Waals surface area contributed by atoms with Crippen molar-refractivity contribution in [1.82, 2.24) is 0 Å². The lowest BCUT2D eigenvalue weighted by Gasteiger charge is -2.13. The lowest BCUT2D eigenvalue weighted by molar-refractivity contribution is -0.113. The molecule has 3 heteroatoms. The fourth-order valence-corrected chi connectivity index (χ4v) is 2.49. The number of aliphatic hydroxyl groups excluding tert-OH is 1. The highest BCUT2D eigenvalue weighted by Crippen LogP contribution is 2.33. The number of thiophene rings is 1. The van der Waals surface area contributed by atoms with Crippen LogP contribution in [0, 0.1) is 0 Å². The third-order valence-electron chi connectivity index (χ3n) is 2.31. The summed E-state index contributed by atoms with van der Waals surface area (Å²) in [5, 5.41) is 11.7. The fraction of sp³-hybridized carbons (Fsp3) is 0.300. The van der Waals surface area contributed by atoms with E-state index in [2.05, 4.69) is 0 Å². The number of aryl methyl sites for hydroxylation is 1. The third-order valence-corrected chi connectivity index (χ3v) is 3.29. The molecule has 0 amide bonds. The van der Waals surface area contributed by atoms with Gasteiger partial charge in [0, 0.05) is 16.0 Å². The zero-order valence-electron chi connectivity index (χ0n) is 7.33. The molecule has 2 rings (SSSR count). The maximum Gasteiger partial charge on any atom is 0.159 e. The van der Waals surface area contributed by atoms with Gasteiger partial charge in [0.2, 0.25) is 0 Å². The van der Waals surface area contributed by atoms with Crippen LogP contribution >= 0.6 is 11.3 Å². The van der Waals surface area contributed by atoms with Gasteiger partial charge < -0.3 is 5.11 Å². The first kappa shape index (κ1) is 8.51. The Balaban J connectivity index is 2.54. The van der Waals surface area contributed by atoms with E-state index in [4.69, 9.17) is 0 Å². The van der Waals surface area contributed by atoms with E-state index in [1.54, 1.807) is 11.3 Å². The van der Waals surface area contributed by atoms with Crippen LogP contribution in [-0.2, 0) is 11.2 Å². The van der Waals surface area contributed by atoms with E-state index in [0.717, 1.165) is 12.0 Å². The number of carbonyl (C=O) groups is 1. The van der Waals surface area contributed by atoms with Crippen molar-refractivity contribution in [1.29, 1.82) is 0 Å². The third kappa shape index (κ3) is 1.29. The van der Waals surface area contributed by atoms with Crippen LogP contribution in [0.25, 0.3) is 5.76 Å². The van der Waals surface area contributed by atoms with Crippen LogP contribution in [0.4, 0.5) is 0 Å². The predicted octanol–water partition coefficient (Wildman–Crippen LogP) is 2.55. The van der Waals surface area contributed by atoms with E-state index in [-0.39, 0.29) is 11.5 Å². The molecule has 0 saturated carbocycles. The molecule has 0 fully saturated rings. The number of hydrogen-bond donors (Lipinski definition) is 1. The van der Waals surface area contributed by atoms with E-state index < -0.39 is 0 Å². The van der Waals surface area contributed by atoms with E-state index in [0.29, 0.717) is 12.0 Å². The highest BCUT2D eigenvalue weighted by Gasteiger charge is 2.21. The van der Waals surface area contributed by atoms with Gasteiger partial charge in [-0.05, 0) is 31.2 Å². The number of aliphatic hydroxyl groups is 1. The van der Waals surface area contributed by atoms with Crippen LogP contribution in [0.15, 0.2) is 17.0 Å². The van der Waals surface area contributed by atoms with Gasteiger partial charge in [-0.3, -0.25) is 4.79 Å². The number of Topliss-reactive ketones (excluding diaryl/α,β-unsaturated/α-hetero) is 1. The molecule has 1 aliphatic carbocycles. The van der Waals surface area contributed by atoms with Gasteiger partial charge in [0.25, 0.3) is 0 Å². The van der Waals surface area contributed by atoms with Gasteiger partial charge in [0.05, 0.1) is 0 Å².